The maximum absolute atomic E-state index is 6.17. The normalized spacial score (nSPS) is 21.2. The summed E-state index contributed by atoms with van der Waals surface area (Å²) in [5, 5.41) is 0. The Morgan fingerprint density at radius 1 is 0.970 bits per heavy atom. The molecule has 33 heavy (non-hydrogen) atoms. The number of pyridine rings is 1. The largest absolute Gasteiger partial charge is 0.493 e. The number of hydrogen-bond donors (Lipinski definition) is 0. The van der Waals surface area contributed by atoms with Gasteiger partial charge in [-0.1, -0.05) is 18.6 Å². The van der Waals surface area contributed by atoms with Gasteiger partial charge in [0.2, 0.25) is 0 Å². The fraction of sp³-hybridized carbons (Fsp3) is 0.593. The number of benzene rings is 1. The van der Waals surface area contributed by atoms with Gasteiger partial charge < -0.3 is 19.1 Å². The minimum atomic E-state index is 0.657. The summed E-state index contributed by atoms with van der Waals surface area (Å²) in [5.41, 5.74) is 2.29. The molecule has 1 unspecified atom stereocenters. The Labute approximate surface area is 198 Å². The standard InChI is InChI=1S/C27H39N3O3/c1-31-26-13-14-28-25(27(26)32-2)21-29-15-5-6-17-30-16-4-3-9-23(30)12-11-22-8-7-10-24(20-22)33-19-18-29/h7-8,10,13-14,20,23H,3-6,9,11-12,15-19,21H2,1-2H3. The first-order valence-corrected chi connectivity index (χ1v) is 12.5. The maximum Gasteiger partial charge on any atom is 0.183 e. The zero-order chi connectivity index (χ0) is 22.9. The molecule has 6 heteroatoms. The van der Waals surface area contributed by atoms with Gasteiger partial charge in [0.1, 0.15) is 18.1 Å². The molecule has 2 aliphatic heterocycles. The van der Waals surface area contributed by atoms with Crippen LogP contribution in [0.3, 0.4) is 0 Å². The molecule has 4 rings (SSSR count). The molecule has 2 aromatic rings. The molecule has 0 spiro atoms. The molecular weight excluding hydrogens is 414 g/mol. The zero-order valence-electron chi connectivity index (χ0n) is 20.3. The summed E-state index contributed by atoms with van der Waals surface area (Å²) in [6.45, 7) is 5.70. The van der Waals surface area contributed by atoms with E-state index < -0.39 is 0 Å². The van der Waals surface area contributed by atoms with Gasteiger partial charge in [-0.05, 0) is 75.9 Å². The third-order valence-corrected chi connectivity index (χ3v) is 7.00. The van der Waals surface area contributed by atoms with E-state index in [-0.39, 0.29) is 0 Å². The lowest BCUT2D eigenvalue weighted by molar-refractivity contribution is 0.134. The van der Waals surface area contributed by atoms with Crippen molar-refractivity contribution in [2.75, 3.05) is 47.0 Å². The van der Waals surface area contributed by atoms with Gasteiger partial charge >= 0.3 is 0 Å². The molecule has 3 heterocycles. The molecule has 1 saturated heterocycles. The number of nitrogens with zero attached hydrogens (tertiary/aromatic N) is 3. The highest BCUT2D eigenvalue weighted by atomic mass is 16.5. The smallest absolute Gasteiger partial charge is 0.183 e. The van der Waals surface area contributed by atoms with Crippen LogP contribution in [0, 0.1) is 0 Å². The lowest BCUT2D eigenvalue weighted by Gasteiger charge is -2.36. The summed E-state index contributed by atoms with van der Waals surface area (Å²) in [6, 6.07) is 11.2. The van der Waals surface area contributed by atoms with E-state index in [0.717, 1.165) is 55.0 Å². The molecule has 1 aromatic carbocycles. The highest BCUT2D eigenvalue weighted by Gasteiger charge is 2.22. The Balaban J connectivity index is 1.48. The first kappa shape index (κ1) is 23.8. The van der Waals surface area contributed by atoms with Gasteiger partial charge in [0.15, 0.2) is 11.5 Å². The van der Waals surface area contributed by atoms with Crippen LogP contribution in [-0.2, 0) is 13.0 Å². The van der Waals surface area contributed by atoms with Crippen LogP contribution < -0.4 is 14.2 Å². The Morgan fingerprint density at radius 2 is 1.82 bits per heavy atom. The number of aryl methyl sites for hydroxylation is 1. The van der Waals surface area contributed by atoms with E-state index in [4.69, 9.17) is 14.2 Å². The third kappa shape index (κ3) is 6.61. The van der Waals surface area contributed by atoms with Crippen LogP contribution >= 0.6 is 0 Å². The Bertz CT molecular complexity index is 875. The minimum Gasteiger partial charge on any atom is -0.493 e. The van der Waals surface area contributed by atoms with E-state index in [2.05, 4.69) is 39.0 Å². The third-order valence-electron chi connectivity index (χ3n) is 7.00. The second-order valence-electron chi connectivity index (χ2n) is 9.20. The van der Waals surface area contributed by atoms with Crippen molar-refractivity contribution in [1.29, 1.82) is 0 Å². The topological polar surface area (TPSA) is 47.1 Å². The van der Waals surface area contributed by atoms with Crippen LogP contribution in [0.15, 0.2) is 36.5 Å². The Kier molecular flexibility index (Phi) is 8.84. The summed E-state index contributed by atoms with van der Waals surface area (Å²) in [6.07, 6.45) is 10.6. The van der Waals surface area contributed by atoms with Crippen LogP contribution in [0.2, 0.25) is 0 Å². The number of aromatic nitrogens is 1. The van der Waals surface area contributed by atoms with Gasteiger partial charge in [-0.3, -0.25) is 9.88 Å². The molecule has 1 atom stereocenters. The molecule has 0 saturated carbocycles. The van der Waals surface area contributed by atoms with Crippen molar-refractivity contribution < 1.29 is 14.2 Å². The molecule has 6 nitrogen and oxygen atoms in total. The molecule has 2 bridgehead atoms. The molecule has 0 N–H and O–H groups in total. The van der Waals surface area contributed by atoms with E-state index in [0.29, 0.717) is 6.61 Å². The van der Waals surface area contributed by atoms with Gasteiger partial charge in [-0.15, -0.1) is 0 Å². The van der Waals surface area contributed by atoms with Crippen molar-refractivity contribution >= 4 is 0 Å². The van der Waals surface area contributed by atoms with Crippen molar-refractivity contribution in [2.24, 2.45) is 0 Å². The van der Waals surface area contributed by atoms with Crippen molar-refractivity contribution in [2.45, 2.75) is 57.5 Å². The van der Waals surface area contributed by atoms with Crippen LogP contribution in [0.1, 0.15) is 49.8 Å². The SMILES string of the molecule is COc1ccnc(CN2CCCCN3CCCCC3CCc3cccc(c3)OCC2)c1OC. The summed E-state index contributed by atoms with van der Waals surface area (Å²) in [4.78, 5) is 9.78. The van der Waals surface area contributed by atoms with E-state index >= 15 is 0 Å². The fourth-order valence-electron chi connectivity index (χ4n) is 5.19. The molecule has 2 aliphatic rings. The van der Waals surface area contributed by atoms with Crippen LogP contribution in [0.4, 0.5) is 0 Å². The number of piperidine rings is 1. The van der Waals surface area contributed by atoms with E-state index in [1.54, 1.807) is 20.4 Å². The Hall–Kier alpha value is -2.31. The minimum absolute atomic E-state index is 0.657. The highest BCUT2D eigenvalue weighted by Crippen LogP contribution is 2.30. The molecule has 1 aromatic heterocycles. The fourth-order valence-corrected chi connectivity index (χ4v) is 5.19. The number of hydrogen-bond acceptors (Lipinski definition) is 6. The predicted molar refractivity (Wildman–Crippen MR) is 131 cm³/mol. The average Bonchev–Trinajstić information content (AvgIpc) is 2.85. The molecule has 0 amide bonds. The Morgan fingerprint density at radius 3 is 2.67 bits per heavy atom. The molecule has 180 valence electrons. The zero-order valence-corrected chi connectivity index (χ0v) is 20.3. The van der Waals surface area contributed by atoms with Gasteiger partial charge in [-0.25, -0.2) is 0 Å². The number of fused-ring (bicyclic) bond motifs is 3. The summed E-state index contributed by atoms with van der Waals surface area (Å²) >= 11 is 0. The monoisotopic (exact) mass is 453 g/mol. The quantitative estimate of drug-likeness (QED) is 0.676. The second kappa shape index (κ2) is 12.2. The molecule has 1 fully saturated rings. The van der Waals surface area contributed by atoms with E-state index in [1.807, 2.05) is 6.07 Å². The van der Waals surface area contributed by atoms with Gasteiger partial charge in [0, 0.05) is 31.4 Å². The van der Waals surface area contributed by atoms with E-state index in [1.165, 1.54) is 57.2 Å². The molecular formula is C27H39N3O3. The van der Waals surface area contributed by atoms with Crippen molar-refractivity contribution in [3.05, 3.63) is 47.8 Å². The van der Waals surface area contributed by atoms with Crippen molar-refractivity contribution in [3.63, 3.8) is 0 Å². The predicted octanol–water partition coefficient (Wildman–Crippen LogP) is 4.56. The highest BCUT2D eigenvalue weighted by molar-refractivity contribution is 5.42. The van der Waals surface area contributed by atoms with Crippen LogP contribution in [-0.4, -0.2) is 67.8 Å². The van der Waals surface area contributed by atoms with Crippen LogP contribution in [0.5, 0.6) is 17.2 Å². The number of methoxy groups -OCH3 is 2. The summed E-state index contributed by atoms with van der Waals surface area (Å²) < 4.78 is 17.3. The molecule has 0 aliphatic carbocycles. The first-order chi connectivity index (χ1) is 16.3. The second-order valence-corrected chi connectivity index (χ2v) is 9.20. The average molecular weight is 454 g/mol. The van der Waals surface area contributed by atoms with Gasteiger partial charge in [0.25, 0.3) is 0 Å². The molecule has 0 radical (unpaired) electrons. The van der Waals surface area contributed by atoms with Crippen molar-refractivity contribution in [3.8, 4) is 17.2 Å². The summed E-state index contributed by atoms with van der Waals surface area (Å²) in [7, 11) is 3.35. The first-order valence-electron chi connectivity index (χ1n) is 12.5. The lowest BCUT2D eigenvalue weighted by atomic mass is 9.95. The van der Waals surface area contributed by atoms with Crippen LogP contribution in [0.25, 0.3) is 0 Å². The van der Waals surface area contributed by atoms with Crippen molar-refractivity contribution in [1.82, 2.24) is 14.8 Å². The number of rotatable bonds is 4. The maximum atomic E-state index is 6.17. The lowest BCUT2D eigenvalue weighted by Crippen LogP contribution is -2.40. The van der Waals surface area contributed by atoms with E-state index in [9.17, 15) is 0 Å². The van der Waals surface area contributed by atoms with Gasteiger partial charge in [0.05, 0.1) is 14.2 Å². The van der Waals surface area contributed by atoms with Gasteiger partial charge in [-0.2, -0.15) is 0 Å². The summed E-state index contributed by atoms with van der Waals surface area (Å²) in [5.74, 6) is 2.42. The number of ether oxygens (including phenoxy) is 3.